The first-order valence-corrected chi connectivity index (χ1v) is 7.10. The van der Waals surface area contributed by atoms with Crippen molar-refractivity contribution in [3.05, 3.63) is 33.8 Å². The number of hydrogen-bond donors (Lipinski definition) is 2. The van der Waals surface area contributed by atoms with Crippen molar-refractivity contribution >= 4 is 45.6 Å². The summed E-state index contributed by atoms with van der Waals surface area (Å²) in [5, 5.41) is 0.751. The van der Waals surface area contributed by atoms with Crippen molar-refractivity contribution in [2.75, 3.05) is 12.8 Å². The highest BCUT2D eigenvalue weighted by Crippen LogP contribution is 2.28. The largest absolute Gasteiger partial charge is 0.323 e. The SMILES string of the molecule is CS(=O)(=O)NCC(N)c1cccc(Cl)c1Cl.Cl. The molecule has 0 saturated carbocycles. The van der Waals surface area contributed by atoms with Crippen LogP contribution in [0.4, 0.5) is 0 Å². The molecule has 0 aliphatic rings. The molecule has 0 heterocycles. The van der Waals surface area contributed by atoms with Crippen LogP contribution in [-0.2, 0) is 10.0 Å². The predicted octanol–water partition coefficient (Wildman–Crippen LogP) is 1.96. The van der Waals surface area contributed by atoms with Crippen LogP contribution in [0, 0.1) is 0 Å². The number of halogens is 3. The van der Waals surface area contributed by atoms with Gasteiger partial charge in [0, 0.05) is 12.6 Å². The van der Waals surface area contributed by atoms with E-state index in [9.17, 15) is 8.42 Å². The van der Waals surface area contributed by atoms with Crippen LogP contribution in [0.15, 0.2) is 18.2 Å². The van der Waals surface area contributed by atoms with Crippen LogP contribution in [0.5, 0.6) is 0 Å². The Morgan fingerprint density at radius 2 is 2.00 bits per heavy atom. The molecular weight excluding hydrogens is 307 g/mol. The number of nitrogens with one attached hydrogen (secondary N) is 1. The van der Waals surface area contributed by atoms with Crippen LogP contribution in [0.1, 0.15) is 11.6 Å². The zero-order chi connectivity index (χ0) is 12.3. The fraction of sp³-hybridized carbons (Fsp3) is 0.333. The van der Waals surface area contributed by atoms with Gasteiger partial charge in [-0.25, -0.2) is 13.1 Å². The minimum atomic E-state index is -3.26. The normalized spacial score (nSPS) is 12.9. The van der Waals surface area contributed by atoms with E-state index >= 15 is 0 Å². The molecule has 1 unspecified atom stereocenters. The molecule has 0 bridgehead atoms. The van der Waals surface area contributed by atoms with E-state index in [1.165, 1.54) is 0 Å². The van der Waals surface area contributed by atoms with Gasteiger partial charge in [0.1, 0.15) is 0 Å². The first-order chi connectivity index (χ1) is 7.31. The van der Waals surface area contributed by atoms with Crippen molar-refractivity contribution < 1.29 is 8.42 Å². The molecule has 0 amide bonds. The molecule has 1 rings (SSSR count). The van der Waals surface area contributed by atoms with E-state index in [1.54, 1.807) is 18.2 Å². The van der Waals surface area contributed by atoms with Crippen molar-refractivity contribution in [3.63, 3.8) is 0 Å². The summed E-state index contributed by atoms with van der Waals surface area (Å²) in [5.41, 5.74) is 6.42. The van der Waals surface area contributed by atoms with Crippen LogP contribution in [0.25, 0.3) is 0 Å². The molecule has 0 radical (unpaired) electrons. The second kappa shape index (κ2) is 6.78. The molecule has 0 aliphatic heterocycles. The number of hydrogen-bond acceptors (Lipinski definition) is 3. The first kappa shape index (κ1) is 17.0. The van der Waals surface area contributed by atoms with Gasteiger partial charge in [-0.05, 0) is 11.6 Å². The lowest BCUT2D eigenvalue weighted by Gasteiger charge is -2.14. The summed E-state index contributed by atoms with van der Waals surface area (Å²) in [4.78, 5) is 0. The zero-order valence-corrected chi connectivity index (χ0v) is 12.1. The summed E-state index contributed by atoms with van der Waals surface area (Å²) in [6.07, 6.45) is 1.07. The van der Waals surface area contributed by atoms with Crippen molar-refractivity contribution in [1.82, 2.24) is 4.72 Å². The van der Waals surface area contributed by atoms with Gasteiger partial charge in [0.2, 0.25) is 10.0 Å². The highest BCUT2D eigenvalue weighted by Gasteiger charge is 2.13. The van der Waals surface area contributed by atoms with E-state index in [1.807, 2.05) is 0 Å². The minimum absolute atomic E-state index is 0. The fourth-order valence-corrected chi connectivity index (χ4v) is 2.09. The number of nitrogens with two attached hydrogens (primary N) is 1. The molecule has 0 aliphatic carbocycles. The molecule has 98 valence electrons. The lowest BCUT2D eigenvalue weighted by molar-refractivity contribution is 0.578. The number of rotatable bonds is 4. The lowest BCUT2D eigenvalue weighted by atomic mass is 10.1. The summed E-state index contributed by atoms with van der Waals surface area (Å²) < 4.78 is 24.1. The van der Waals surface area contributed by atoms with Gasteiger partial charge in [-0.15, -0.1) is 12.4 Å². The van der Waals surface area contributed by atoms with Crippen LogP contribution in [0.2, 0.25) is 10.0 Å². The molecule has 0 fully saturated rings. The van der Waals surface area contributed by atoms with Gasteiger partial charge in [0.25, 0.3) is 0 Å². The monoisotopic (exact) mass is 318 g/mol. The Morgan fingerprint density at radius 3 is 2.53 bits per heavy atom. The molecule has 1 aromatic carbocycles. The molecule has 0 saturated heterocycles. The average Bonchev–Trinajstić information content (AvgIpc) is 2.17. The molecule has 4 nitrogen and oxygen atoms in total. The maximum Gasteiger partial charge on any atom is 0.208 e. The lowest BCUT2D eigenvalue weighted by Crippen LogP contribution is -2.31. The Bertz CT molecular complexity index is 479. The van der Waals surface area contributed by atoms with E-state index in [2.05, 4.69) is 4.72 Å². The van der Waals surface area contributed by atoms with Gasteiger partial charge in [0.05, 0.1) is 16.3 Å². The van der Waals surface area contributed by atoms with E-state index in [4.69, 9.17) is 28.9 Å². The molecular formula is C9H13Cl3N2O2S. The quantitative estimate of drug-likeness (QED) is 0.891. The van der Waals surface area contributed by atoms with Gasteiger partial charge in [-0.1, -0.05) is 35.3 Å². The topological polar surface area (TPSA) is 72.2 Å². The maximum atomic E-state index is 10.9. The molecule has 8 heteroatoms. The van der Waals surface area contributed by atoms with Crippen LogP contribution < -0.4 is 10.5 Å². The van der Waals surface area contributed by atoms with Crippen molar-refractivity contribution in [1.29, 1.82) is 0 Å². The molecule has 3 N–H and O–H groups in total. The predicted molar refractivity (Wildman–Crippen MR) is 73.5 cm³/mol. The molecule has 0 aromatic heterocycles. The maximum absolute atomic E-state index is 10.9. The highest BCUT2D eigenvalue weighted by atomic mass is 35.5. The van der Waals surface area contributed by atoms with Gasteiger partial charge in [-0.3, -0.25) is 0 Å². The van der Waals surface area contributed by atoms with E-state index in [0.29, 0.717) is 15.6 Å². The fourth-order valence-electron chi connectivity index (χ4n) is 1.16. The molecule has 1 atom stereocenters. The van der Waals surface area contributed by atoms with Crippen molar-refractivity contribution in [3.8, 4) is 0 Å². The van der Waals surface area contributed by atoms with E-state index in [0.717, 1.165) is 6.26 Å². The van der Waals surface area contributed by atoms with E-state index < -0.39 is 16.1 Å². The van der Waals surface area contributed by atoms with Gasteiger partial charge < -0.3 is 5.73 Å². The first-order valence-electron chi connectivity index (χ1n) is 4.45. The van der Waals surface area contributed by atoms with Gasteiger partial charge >= 0.3 is 0 Å². The third kappa shape index (κ3) is 5.42. The summed E-state index contributed by atoms with van der Waals surface area (Å²) >= 11 is 11.8. The Morgan fingerprint density at radius 1 is 1.41 bits per heavy atom. The zero-order valence-electron chi connectivity index (χ0n) is 8.98. The second-order valence-corrected chi connectivity index (χ2v) is 5.99. The summed E-state index contributed by atoms with van der Waals surface area (Å²) in [6.45, 7) is 0.0822. The molecule has 0 spiro atoms. The van der Waals surface area contributed by atoms with Crippen LogP contribution in [-0.4, -0.2) is 21.2 Å². The highest BCUT2D eigenvalue weighted by molar-refractivity contribution is 7.88. The van der Waals surface area contributed by atoms with Gasteiger partial charge in [0.15, 0.2) is 0 Å². The summed E-state index contributed by atoms with van der Waals surface area (Å²) in [7, 11) is -3.26. The Kier molecular flexibility index (Phi) is 6.76. The third-order valence-corrected chi connectivity index (χ3v) is 3.47. The summed E-state index contributed by atoms with van der Waals surface area (Å²) in [5.74, 6) is 0. The summed E-state index contributed by atoms with van der Waals surface area (Å²) in [6, 6.07) is 4.54. The Balaban J connectivity index is 0.00000256. The third-order valence-electron chi connectivity index (χ3n) is 1.95. The van der Waals surface area contributed by atoms with Crippen molar-refractivity contribution in [2.24, 2.45) is 5.73 Å². The van der Waals surface area contributed by atoms with E-state index in [-0.39, 0.29) is 19.0 Å². The number of sulfonamides is 1. The Labute approximate surface area is 117 Å². The van der Waals surface area contributed by atoms with Crippen molar-refractivity contribution in [2.45, 2.75) is 6.04 Å². The smallest absolute Gasteiger partial charge is 0.208 e. The van der Waals surface area contributed by atoms with Gasteiger partial charge in [-0.2, -0.15) is 0 Å². The molecule has 1 aromatic rings. The van der Waals surface area contributed by atoms with Crippen LogP contribution >= 0.6 is 35.6 Å². The standard InChI is InChI=1S/C9H12Cl2N2O2S.ClH/c1-16(14,15)13-5-8(12)6-3-2-4-7(10)9(6)11;/h2-4,8,13H,5,12H2,1H3;1H. The Hall–Kier alpha value is -0.0400. The average molecular weight is 320 g/mol. The number of benzene rings is 1. The minimum Gasteiger partial charge on any atom is -0.323 e. The molecule has 17 heavy (non-hydrogen) atoms. The van der Waals surface area contributed by atoms with Crippen LogP contribution in [0.3, 0.4) is 0 Å². The second-order valence-electron chi connectivity index (χ2n) is 3.37.